The lowest BCUT2D eigenvalue weighted by Gasteiger charge is -2.21. The molecule has 2 heterocycles. The van der Waals surface area contributed by atoms with Crippen molar-refractivity contribution in [1.29, 1.82) is 0 Å². The minimum atomic E-state index is -3.47. The number of hydrogen-bond donors (Lipinski definition) is 0. The molecular formula is C16H19ClN2O2S2. The van der Waals surface area contributed by atoms with Crippen LogP contribution in [0.5, 0.6) is 0 Å². The third-order valence-electron chi connectivity index (χ3n) is 3.94. The Bertz CT molecular complexity index is 747. The molecule has 1 aliphatic heterocycles. The molecule has 0 amide bonds. The molecule has 1 saturated heterocycles. The summed E-state index contributed by atoms with van der Waals surface area (Å²) < 4.78 is 27.1. The van der Waals surface area contributed by atoms with Gasteiger partial charge in [-0.15, -0.1) is 11.3 Å². The molecule has 0 spiro atoms. The summed E-state index contributed by atoms with van der Waals surface area (Å²) in [5, 5.41) is 2.52. The van der Waals surface area contributed by atoms with Crippen LogP contribution in [0.3, 0.4) is 0 Å². The van der Waals surface area contributed by atoms with Crippen molar-refractivity contribution in [2.24, 2.45) is 0 Å². The standard InChI is InChI=1S/C16H19ClN2O2S2/c17-14-4-1-6-16(12-14)23(20,21)19-8-3-7-18(9-10-19)13-15-5-2-11-22-15/h1-2,4-6,11-12H,3,7-10,13H2. The van der Waals surface area contributed by atoms with E-state index in [0.717, 1.165) is 26.1 Å². The molecule has 0 bridgehead atoms. The van der Waals surface area contributed by atoms with Gasteiger partial charge in [-0.2, -0.15) is 4.31 Å². The topological polar surface area (TPSA) is 40.6 Å². The molecule has 7 heteroatoms. The quantitative estimate of drug-likeness (QED) is 0.829. The van der Waals surface area contributed by atoms with Gasteiger partial charge in [-0.3, -0.25) is 4.90 Å². The van der Waals surface area contributed by atoms with E-state index >= 15 is 0 Å². The zero-order valence-corrected chi connectivity index (χ0v) is 15.1. The predicted molar refractivity (Wildman–Crippen MR) is 94.4 cm³/mol. The summed E-state index contributed by atoms with van der Waals surface area (Å²) in [7, 11) is -3.47. The van der Waals surface area contributed by atoms with E-state index in [2.05, 4.69) is 16.3 Å². The highest BCUT2D eigenvalue weighted by molar-refractivity contribution is 7.89. The Morgan fingerprint density at radius 2 is 1.96 bits per heavy atom. The van der Waals surface area contributed by atoms with E-state index in [0.29, 0.717) is 18.1 Å². The van der Waals surface area contributed by atoms with E-state index in [9.17, 15) is 8.42 Å². The SMILES string of the molecule is O=S(=O)(c1cccc(Cl)c1)N1CCCN(Cc2cccs2)CC1. The van der Waals surface area contributed by atoms with Gasteiger partial charge < -0.3 is 0 Å². The third-order valence-corrected chi connectivity index (χ3v) is 6.93. The lowest BCUT2D eigenvalue weighted by Crippen LogP contribution is -2.35. The first-order valence-corrected chi connectivity index (χ1v) is 10.3. The minimum Gasteiger partial charge on any atom is -0.297 e. The molecule has 0 aliphatic carbocycles. The Morgan fingerprint density at radius 1 is 1.09 bits per heavy atom. The lowest BCUT2D eigenvalue weighted by molar-refractivity contribution is 0.281. The molecular weight excluding hydrogens is 352 g/mol. The van der Waals surface area contributed by atoms with Crippen molar-refractivity contribution >= 4 is 33.0 Å². The van der Waals surface area contributed by atoms with Gasteiger partial charge in [-0.05, 0) is 42.6 Å². The number of rotatable bonds is 4. The van der Waals surface area contributed by atoms with Crippen molar-refractivity contribution in [3.8, 4) is 0 Å². The number of benzene rings is 1. The number of sulfonamides is 1. The van der Waals surface area contributed by atoms with Crippen LogP contribution < -0.4 is 0 Å². The highest BCUT2D eigenvalue weighted by Gasteiger charge is 2.27. The van der Waals surface area contributed by atoms with Crippen LogP contribution in [-0.2, 0) is 16.6 Å². The predicted octanol–water partition coefficient (Wildman–Crippen LogP) is 3.30. The summed E-state index contributed by atoms with van der Waals surface area (Å²) in [4.78, 5) is 3.91. The van der Waals surface area contributed by atoms with E-state index in [1.165, 1.54) is 10.9 Å². The van der Waals surface area contributed by atoms with E-state index in [4.69, 9.17) is 11.6 Å². The van der Waals surface area contributed by atoms with Crippen LogP contribution >= 0.6 is 22.9 Å². The van der Waals surface area contributed by atoms with Crippen LogP contribution in [0.25, 0.3) is 0 Å². The second-order valence-corrected chi connectivity index (χ2v) is 8.98. The largest absolute Gasteiger partial charge is 0.297 e. The Morgan fingerprint density at radius 3 is 2.70 bits per heavy atom. The monoisotopic (exact) mass is 370 g/mol. The van der Waals surface area contributed by atoms with Crippen LogP contribution in [0.2, 0.25) is 5.02 Å². The van der Waals surface area contributed by atoms with Crippen LogP contribution in [0.15, 0.2) is 46.7 Å². The molecule has 1 fully saturated rings. The van der Waals surface area contributed by atoms with Crippen molar-refractivity contribution in [2.45, 2.75) is 17.9 Å². The lowest BCUT2D eigenvalue weighted by atomic mass is 10.3. The maximum Gasteiger partial charge on any atom is 0.243 e. The summed E-state index contributed by atoms with van der Waals surface area (Å²) in [6, 6.07) is 10.7. The maximum atomic E-state index is 12.8. The first-order chi connectivity index (χ1) is 11.1. The molecule has 0 atom stereocenters. The highest BCUT2D eigenvalue weighted by Crippen LogP contribution is 2.21. The van der Waals surface area contributed by atoms with Crippen molar-refractivity contribution in [1.82, 2.24) is 9.21 Å². The zero-order valence-electron chi connectivity index (χ0n) is 12.7. The Balaban J connectivity index is 1.69. The second-order valence-electron chi connectivity index (χ2n) is 5.57. The summed E-state index contributed by atoms with van der Waals surface area (Å²) in [5.41, 5.74) is 0. The van der Waals surface area contributed by atoms with Crippen molar-refractivity contribution in [3.63, 3.8) is 0 Å². The molecule has 124 valence electrons. The average molecular weight is 371 g/mol. The molecule has 0 unspecified atom stereocenters. The van der Waals surface area contributed by atoms with Gasteiger partial charge in [0.2, 0.25) is 10.0 Å². The zero-order chi connectivity index (χ0) is 16.3. The van der Waals surface area contributed by atoms with Crippen molar-refractivity contribution < 1.29 is 8.42 Å². The summed E-state index contributed by atoms with van der Waals surface area (Å²) in [6.07, 6.45) is 0.838. The molecule has 3 rings (SSSR count). The fraction of sp³-hybridized carbons (Fsp3) is 0.375. The van der Waals surface area contributed by atoms with Gasteiger partial charge in [0, 0.05) is 36.1 Å². The molecule has 0 radical (unpaired) electrons. The van der Waals surface area contributed by atoms with Gasteiger partial charge in [0.05, 0.1) is 4.90 Å². The van der Waals surface area contributed by atoms with Crippen molar-refractivity contribution in [2.75, 3.05) is 26.2 Å². The molecule has 23 heavy (non-hydrogen) atoms. The van der Waals surface area contributed by atoms with Crippen LogP contribution in [0.1, 0.15) is 11.3 Å². The van der Waals surface area contributed by atoms with Crippen LogP contribution in [-0.4, -0.2) is 43.8 Å². The molecule has 0 N–H and O–H groups in total. The maximum absolute atomic E-state index is 12.8. The first kappa shape index (κ1) is 16.9. The molecule has 1 aromatic carbocycles. The first-order valence-electron chi connectivity index (χ1n) is 7.56. The Labute approximate surface area is 146 Å². The van der Waals surface area contributed by atoms with Gasteiger partial charge in [0.25, 0.3) is 0 Å². The Hall–Kier alpha value is -0.920. The summed E-state index contributed by atoms with van der Waals surface area (Å²) in [5.74, 6) is 0. The van der Waals surface area contributed by atoms with Gasteiger partial charge in [-0.25, -0.2) is 8.42 Å². The highest BCUT2D eigenvalue weighted by atomic mass is 35.5. The normalized spacial score (nSPS) is 18.0. The number of halogens is 1. The third kappa shape index (κ3) is 4.14. The molecule has 1 aromatic heterocycles. The minimum absolute atomic E-state index is 0.275. The van der Waals surface area contributed by atoms with Crippen molar-refractivity contribution in [3.05, 3.63) is 51.7 Å². The van der Waals surface area contributed by atoms with E-state index in [1.54, 1.807) is 33.8 Å². The molecule has 2 aromatic rings. The summed E-state index contributed by atoms with van der Waals surface area (Å²) in [6.45, 7) is 3.62. The van der Waals surface area contributed by atoms with Gasteiger partial charge in [-0.1, -0.05) is 23.7 Å². The molecule has 1 aliphatic rings. The van der Waals surface area contributed by atoms with E-state index in [-0.39, 0.29) is 4.90 Å². The average Bonchev–Trinajstić information content (AvgIpc) is 2.91. The summed E-state index contributed by atoms with van der Waals surface area (Å²) >= 11 is 7.67. The Kier molecular flexibility index (Phi) is 5.38. The number of hydrogen-bond acceptors (Lipinski definition) is 4. The van der Waals surface area contributed by atoms with Gasteiger partial charge >= 0.3 is 0 Å². The fourth-order valence-corrected chi connectivity index (χ4v) is 5.26. The van der Waals surface area contributed by atoms with Gasteiger partial charge in [0.15, 0.2) is 0 Å². The number of nitrogens with zero attached hydrogens (tertiary/aromatic N) is 2. The van der Waals surface area contributed by atoms with E-state index in [1.807, 2.05) is 6.07 Å². The number of thiophene rings is 1. The van der Waals surface area contributed by atoms with E-state index < -0.39 is 10.0 Å². The second kappa shape index (κ2) is 7.32. The van der Waals surface area contributed by atoms with Crippen LogP contribution in [0, 0.1) is 0 Å². The molecule has 0 saturated carbocycles. The van der Waals surface area contributed by atoms with Gasteiger partial charge in [0.1, 0.15) is 0 Å². The molecule has 4 nitrogen and oxygen atoms in total. The van der Waals surface area contributed by atoms with Crippen LogP contribution in [0.4, 0.5) is 0 Å². The fourth-order valence-electron chi connectivity index (χ4n) is 2.75. The smallest absolute Gasteiger partial charge is 0.243 e.